The Bertz CT molecular complexity index is 943. The number of anilines is 4. The Hall–Kier alpha value is -2.71. The zero-order chi connectivity index (χ0) is 17.8. The van der Waals surface area contributed by atoms with E-state index in [0.29, 0.717) is 12.2 Å². The fourth-order valence-corrected chi connectivity index (χ4v) is 2.84. The van der Waals surface area contributed by atoms with Gasteiger partial charge in [0.25, 0.3) is 5.56 Å². The summed E-state index contributed by atoms with van der Waals surface area (Å²) in [6, 6.07) is 3.27. The van der Waals surface area contributed by atoms with Crippen LogP contribution in [-0.2, 0) is 20.3 Å². The molecule has 2 heterocycles. The summed E-state index contributed by atoms with van der Waals surface area (Å²) in [4.78, 5) is 26.2. The highest BCUT2D eigenvalue weighted by molar-refractivity contribution is 5.90. The first-order valence-corrected chi connectivity index (χ1v) is 7.22. The van der Waals surface area contributed by atoms with Gasteiger partial charge in [-0.25, -0.2) is 4.79 Å². The Morgan fingerprint density at radius 1 is 1.12 bits per heavy atom. The number of hydrogen-bond donors (Lipinski definition) is 1. The first kappa shape index (κ1) is 16.2. The van der Waals surface area contributed by atoms with Crippen molar-refractivity contribution in [3.63, 3.8) is 0 Å². The van der Waals surface area contributed by atoms with Crippen LogP contribution in [0.15, 0.2) is 27.8 Å². The molecule has 3 rings (SSSR count). The third-order valence-electron chi connectivity index (χ3n) is 4.09. The number of hydrogen-bond acceptors (Lipinski definition) is 4. The van der Waals surface area contributed by atoms with Crippen LogP contribution in [0.25, 0.3) is 0 Å². The molecule has 0 bridgehead atoms. The maximum Gasteiger partial charge on any atom is 0.416 e. The van der Waals surface area contributed by atoms with Crippen molar-refractivity contribution in [1.82, 2.24) is 9.13 Å². The lowest BCUT2D eigenvalue weighted by atomic mass is 10.1. The zero-order valence-electron chi connectivity index (χ0n) is 13.2. The first-order valence-electron chi connectivity index (χ1n) is 7.22. The summed E-state index contributed by atoms with van der Waals surface area (Å²) in [5, 5.41) is 2.80. The van der Waals surface area contributed by atoms with E-state index in [4.69, 9.17) is 0 Å². The van der Waals surface area contributed by atoms with E-state index >= 15 is 0 Å². The minimum atomic E-state index is -4.48. The maximum atomic E-state index is 12.9. The first-order chi connectivity index (χ1) is 11.2. The minimum Gasteiger partial charge on any atom is -0.338 e. The smallest absolute Gasteiger partial charge is 0.338 e. The van der Waals surface area contributed by atoms with Crippen molar-refractivity contribution >= 4 is 22.9 Å². The highest BCUT2D eigenvalue weighted by Gasteiger charge is 2.34. The molecule has 0 amide bonds. The Kier molecular flexibility index (Phi) is 3.47. The van der Waals surface area contributed by atoms with Crippen molar-refractivity contribution < 1.29 is 13.2 Å². The number of aromatic nitrogens is 2. The van der Waals surface area contributed by atoms with Gasteiger partial charge in [-0.05, 0) is 25.1 Å². The van der Waals surface area contributed by atoms with E-state index in [1.807, 2.05) is 0 Å². The molecule has 1 N–H and O–H groups in total. The molecule has 0 saturated heterocycles. The van der Waals surface area contributed by atoms with E-state index in [2.05, 4.69) is 5.32 Å². The lowest BCUT2D eigenvalue weighted by molar-refractivity contribution is -0.137. The molecule has 0 spiro atoms. The molecule has 0 fully saturated rings. The third-order valence-corrected chi connectivity index (χ3v) is 4.09. The van der Waals surface area contributed by atoms with Crippen molar-refractivity contribution in [2.24, 2.45) is 14.1 Å². The number of rotatable bonds is 1. The predicted octanol–water partition coefficient (Wildman–Crippen LogP) is 2.32. The number of nitrogens with one attached hydrogen (secondary N) is 1. The van der Waals surface area contributed by atoms with E-state index in [1.165, 1.54) is 24.7 Å². The molecule has 1 aliphatic heterocycles. The van der Waals surface area contributed by atoms with Crippen LogP contribution in [0.4, 0.5) is 36.1 Å². The topological polar surface area (TPSA) is 59.3 Å². The highest BCUT2D eigenvalue weighted by atomic mass is 19.4. The number of benzene rings is 1. The fraction of sp³-hybridized carbons (Fsp3) is 0.333. The highest BCUT2D eigenvalue weighted by Crippen LogP contribution is 2.43. The van der Waals surface area contributed by atoms with Gasteiger partial charge >= 0.3 is 11.9 Å². The maximum absolute atomic E-state index is 12.9. The average Bonchev–Trinajstić information content (AvgIpc) is 2.54. The van der Waals surface area contributed by atoms with Gasteiger partial charge in [0.1, 0.15) is 11.5 Å². The van der Waals surface area contributed by atoms with Gasteiger partial charge in [-0.3, -0.25) is 13.9 Å². The molecule has 0 radical (unpaired) electrons. The Labute approximate surface area is 134 Å². The van der Waals surface area contributed by atoms with Crippen molar-refractivity contribution in [2.75, 3.05) is 16.8 Å². The van der Waals surface area contributed by atoms with Gasteiger partial charge in [-0.15, -0.1) is 0 Å². The monoisotopic (exact) mass is 340 g/mol. The van der Waals surface area contributed by atoms with Gasteiger partial charge in [0.15, 0.2) is 0 Å². The van der Waals surface area contributed by atoms with E-state index in [0.717, 1.165) is 16.7 Å². The number of alkyl halides is 3. The SMILES string of the molecule is CCN1c2ccc(C(F)(F)F)cc2Nc2c1c(=O)n(C)c(=O)n2C. The molecule has 2 aromatic rings. The van der Waals surface area contributed by atoms with Gasteiger partial charge < -0.3 is 10.2 Å². The van der Waals surface area contributed by atoms with Crippen LogP contribution in [0.5, 0.6) is 0 Å². The molecule has 1 aromatic heterocycles. The molecule has 1 aromatic carbocycles. The second-order valence-electron chi connectivity index (χ2n) is 5.50. The average molecular weight is 340 g/mol. The standard InChI is InChI=1S/C15H15F3N4O2/c1-4-22-10-6-5-8(15(16,17)18)7-9(10)19-12-11(22)13(23)21(3)14(24)20(12)2/h5-7,19H,4H2,1-3H3. The van der Waals surface area contributed by atoms with Crippen LogP contribution in [0.3, 0.4) is 0 Å². The van der Waals surface area contributed by atoms with Gasteiger partial charge in [0, 0.05) is 20.6 Å². The summed E-state index contributed by atoms with van der Waals surface area (Å²) in [6.07, 6.45) is -4.48. The van der Waals surface area contributed by atoms with Crippen molar-refractivity contribution in [2.45, 2.75) is 13.1 Å². The van der Waals surface area contributed by atoms with Crippen molar-refractivity contribution in [3.8, 4) is 0 Å². The largest absolute Gasteiger partial charge is 0.416 e. The summed E-state index contributed by atoms with van der Waals surface area (Å²) < 4.78 is 41.0. The van der Waals surface area contributed by atoms with Gasteiger partial charge in [0.2, 0.25) is 0 Å². The molecule has 0 unspecified atom stereocenters. The second-order valence-corrected chi connectivity index (χ2v) is 5.50. The summed E-state index contributed by atoms with van der Waals surface area (Å²) in [7, 11) is 2.82. The van der Waals surface area contributed by atoms with Crippen molar-refractivity contribution in [1.29, 1.82) is 0 Å². The van der Waals surface area contributed by atoms with E-state index in [9.17, 15) is 22.8 Å². The van der Waals surface area contributed by atoms with Crippen LogP contribution in [0, 0.1) is 0 Å². The normalized spacial score (nSPS) is 13.3. The Balaban J connectivity index is 2.30. The summed E-state index contributed by atoms with van der Waals surface area (Å²) in [5.41, 5.74) is -0.988. The Morgan fingerprint density at radius 3 is 2.38 bits per heavy atom. The Morgan fingerprint density at radius 2 is 1.79 bits per heavy atom. The number of nitrogens with zero attached hydrogens (tertiary/aromatic N) is 3. The molecule has 1 aliphatic rings. The van der Waals surface area contributed by atoms with E-state index < -0.39 is 23.0 Å². The lowest BCUT2D eigenvalue weighted by Crippen LogP contribution is -2.42. The summed E-state index contributed by atoms with van der Waals surface area (Å²) in [5.74, 6) is 0.178. The zero-order valence-corrected chi connectivity index (χ0v) is 13.2. The number of fused-ring (bicyclic) bond motifs is 2. The summed E-state index contributed by atoms with van der Waals surface area (Å²) >= 11 is 0. The van der Waals surface area contributed by atoms with Crippen LogP contribution in [0.1, 0.15) is 12.5 Å². The summed E-state index contributed by atoms with van der Waals surface area (Å²) in [6.45, 7) is 2.14. The van der Waals surface area contributed by atoms with Gasteiger partial charge in [0.05, 0.1) is 16.9 Å². The third kappa shape index (κ3) is 2.19. The lowest BCUT2D eigenvalue weighted by Gasteiger charge is -2.33. The van der Waals surface area contributed by atoms with Crippen LogP contribution in [-0.4, -0.2) is 15.7 Å². The van der Waals surface area contributed by atoms with Crippen LogP contribution in [0.2, 0.25) is 0 Å². The molecule has 9 heteroatoms. The van der Waals surface area contributed by atoms with E-state index in [1.54, 1.807) is 11.8 Å². The van der Waals surface area contributed by atoms with Gasteiger partial charge in [-0.2, -0.15) is 13.2 Å². The number of halogens is 3. The molecule has 24 heavy (non-hydrogen) atoms. The van der Waals surface area contributed by atoms with Crippen LogP contribution < -0.4 is 21.5 Å². The minimum absolute atomic E-state index is 0.178. The van der Waals surface area contributed by atoms with Crippen molar-refractivity contribution in [3.05, 3.63) is 44.6 Å². The molecule has 0 aliphatic carbocycles. The molecule has 0 saturated carbocycles. The molecule has 6 nitrogen and oxygen atoms in total. The molecular weight excluding hydrogens is 325 g/mol. The second kappa shape index (κ2) is 5.15. The van der Waals surface area contributed by atoms with E-state index in [-0.39, 0.29) is 17.2 Å². The van der Waals surface area contributed by atoms with Crippen LogP contribution >= 0.6 is 0 Å². The molecular formula is C15H15F3N4O2. The quantitative estimate of drug-likeness (QED) is 0.866. The molecule has 0 atom stereocenters. The molecule has 128 valence electrons. The van der Waals surface area contributed by atoms with Gasteiger partial charge in [-0.1, -0.05) is 0 Å². The predicted molar refractivity (Wildman–Crippen MR) is 84.3 cm³/mol. The fourth-order valence-electron chi connectivity index (χ4n) is 2.84.